The van der Waals surface area contributed by atoms with Crippen LogP contribution in [0.1, 0.15) is 65.5 Å². The first-order valence-electron chi connectivity index (χ1n) is 9.40. The molecule has 1 N–H and O–H groups in total. The smallest absolute Gasteiger partial charge is 0.121 e. The number of hydrogen-bond donors (Lipinski definition) is 1. The van der Waals surface area contributed by atoms with Gasteiger partial charge in [0.1, 0.15) is 16.8 Å². The zero-order valence-electron chi connectivity index (χ0n) is 16.7. The van der Waals surface area contributed by atoms with Crippen LogP contribution in [0.2, 0.25) is 0 Å². The summed E-state index contributed by atoms with van der Waals surface area (Å²) in [6.07, 6.45) is 1.94. The summed E-state index contributed by atoms with van der Waals surface area (Å²) in [4.78, 5) is 1.67. The van der Waals surface area contributed by atoms with Crippen molar-refractivity contribution < 1.29 is 5.11 Å². The number of phenols is 1. The molecule has 0 unspecified atom stereocenters. The van der Waals surface area contributed by atoms with Gasteiger partial charge in [-0.25, -0.2) is 0 Å². The Morgan fingerprint density at radius 3 is 1.85 bits per heavy atom. The average Bonchev–Trinajstić information content (AvgIpc) is 3.05. The molecule has 1 heterocycles. The fourth-order valence-electron chi connectivity index (χ4n) is 3.18. The summed E-state index contributed by atoms with van der Waals surface area (Å²) in [5, 5.41) is 20.1. The minimum Gasteiger partial charge on any atom is -0.508 e. The van der Waals surface area contributed by atoms with E-state index in [0.29, 0.717) is 5.75 Å². The molecule has 0 saturated heterocycles. The fourth-order valence-corrected chi connectivity index (χ4v) is 3.18. The van der Waals surface area contributed by atoms with E-state index >= 15 is 0 Å². The van der Waals surface area contributed by atoms with Gasteiger partial charge in [-0.15, -0.1) is 15.0 Å². The van der Waals surface area contributed by atoms with Crippen LogP contribution in [-0.2, 0) is 10.8 Å². The monoisotopic (exact) mass is 351 g/mol. The van der Waals surface area contributed by atoms with Gasteiger partial charge in [0.15, 0.2) is 0 Å². The van der Waals surface area contributed by atoms with E-state index in [2.05, 4.69) is 57.8 Å². The molecule has 0 aliphatic carbocycles. The normalized spacial score (nSPS) is 12.7. The maximum absolute atomic E-state index is 10.8. The second kappa shape index (κ2) is 6.42. The minimum atomic E-state index is -0.0938. The van der Waals surface area contributed by atoms with Gasteiger partial charge >= 0.3 is 0 Å². The van der Waals surface area contributed by atoms with Crippen LogP contribution in [0.25, 0.3) is 16.7 Å². The molecule has 2 aromatic carbocycles. The summed E-state index contributed by atoms with van der Waals surface area (Å²) >= 11 is 0. The van der Waals surface area contributed by atoms with Crippen LogP contribution >= 0.6 is 0 Å². The van der Waals surface area contributed by atoms with E-state index in [9.17, 15) is 5.11 Å². The standard InChI is InChI=1S/C22H29N3O/c1-7-21(3,4)15-13-16(22(5,6)8-2)20(26)14-19(15)25-23-17-11-9-10-12-18(17)24-25/h9-14,26H,7-8H2,1-6H3. The van der Waals surface area contributed by atoms with Crippen molar-refractivity contribution in [3.63, 3.8) is 0 Å². The minimum absolute atomic E-state index is 0.0541. The molecule has 0 aliphatic rings. The molecule has 1 aromatic heterocycles. The predicted molar refractivity (Wildman–Crippen MR) is 107 cm³/mol. The van der Waals surface area contributed by atoms with Gasteiger partial charge in [0.25, 0.3) is 0 Å². The van der Waals surface area contributed by atoms with Crippen LogP contribution < -0.4 is 0 Å². The molecule has 26 heavy (non-hydrogen) atoms. The molecular weight excluding hydrogens is 322 g/mol. The highest BCUT2D eigenvalue weighted by Gasteiger charge is 2.29. The van der Waals surface area contributed by atoms with Gasteiger partial charge in [-0.05, 0) is 53.0 Å². The van der Waals surface area contributed by atoms with Gasteiger partial charge in [0, 0.05) is 6.07 Å². The number of nitrogens with zero attached hydrogens (tertiary/aromatic N) is 3. The van der Waals surface area contributed by atoms with Crippen molar-refractivity contribution in [2.75, 3.05) is 0 Å². The molecule has 4 nitrogen and oxygen atoms in total. The Kier molecular flexibility index (Phi) is 4.55. The number of fused-ring (bicyclic) bond motifs is 1. The Hall–Kier alpha value is -2.36. The van der Waals surface area contributed by atoms with Crippen molar-refractivity contribution in [2.45, 2.75) is 65.2 Å². The number of aromatic hydroxyl groups is 1. The summed E-state index contributed by atoms with van der Waals surface area (Å²) in [7, 11) is 0. The lowest BCUT2D eigenvalue weighted by molar-refractivity contribution is 0.423. The maximum atomic E-state index is 10.8. The van der Waals surface area contributed by atoms with Crippen molar-refractivity contribution in [1.82, 2.24) is 15.0 Å². The van der Waals surface area contributed by atoms with Crippen molar-refractivity contribution in [2.24, 2.45) is 0 Å². The quantitative estimate of drug-likeness (QED) is 0.660. The van der Waals surface area contributed by atoms with Crippen molar-refractivity contribution in [3.8, 4) is 11.4 Å². The Balaban J connectivity index is 2.28. The highest BCUT2D eigenvalue weighted by Crippen LogP contribution is 2.41. The van der Waals surface area contributed by atoms with E-state index in [1.807, 2.05) is 30.3 Å². The van der Waals surface area contributed by atoms with Gasteiger partial charge in [-0.2, -0.15) is 0 Å². The van der Waals surface area contributed by atoms with E-state index in [1.165, 1.54) is 0 Å². The van der Waals surface area contributed by atoms with Gasteiger partial charge < -0.3 is 5.11 Å². The first kappa shape index (κ1) is 18.4. The number of hydrogen-bond acceptors (Lipinski definition) is 3. The summed E-state index contributed by atoms with van der Waals surface area (Å²) in [6.45, 7) is 13.1. The third-order valence-corrected chi connectivity index (χ3v) is 5.84. The third-order valence-electron chi connectivity index (χ3n) is 5.84. The first-order chi connectivity index (χ1) is 12.2. The molecule has 3 rings (SSSR count). The lowest BCUT2D eigenvalue weighted by Crippen LogP contribution is -2.23. The second-order valence-electron chi connectivity index (χ2n) is 8.34. The molecule has 0 spiro atoms. The van der Waals surface area contributed by atoms with Crippen molar-refractivity contribution >= 4 is 11.0 Å². The largest absolute Gasteiger partial charge is 0.508 e. The highest BCUT2D eigenvalue weighted by atomic mass is 16.3. The Morgan fingerprint density at radius 2 is 1.35 bits per heavy atom. The summed E-state index contributed by atoms with van der Waals surface area (Å²) < 4.78 is 0. The summed E-state index contributed by atoms with van der Waals surface area (Å²) in [5.41, 5.74) is 4.55. The molecule has 0 aliphatic heterocycles. The molecule has 0 radical (unpaired) electrons. The Labute approximate surface area is 155 Å². The summed E-state index contributed by atoms with van der Waals surface area (Å²) in [5.74, 6) is 0.309. The molecule has 138 valence electrons. The zero-order chi connectivity index (χ0) is 19.1. The van der Waals surface area contributed by atoms with Gasteiger partial charge in [-0.3, -0.25) is 0 Å². The maximum Gasteiger partial charge on any atom is 0.121 e. The van der Waals surface area contributed by atoms with Crippen molar-refractivity contribution in [1.29, 1.82) is 0 Å². The van der Waals surface area contributed by atoms with Crippen LogP contribution in [0.5, 0.6) is 5.75 Å². The summed E-state index contributed by atoms with van der Waals surface area (Å²) in [6, 6.07) is 11.8. The molecule has 0 bridgehead atoms. The van der Waals surface area contributed by atoms with Gasteiger partial charge in [0.2, 0.25) is 0 Å². The third kappa shape index (κ3) is 3.09. The molecule has 4 heteroatoms. The lowest BCUT2D eigenvalue weighted by Gasteiger charge is -2.31. The highest BCUT2D eigenvalue weighted by molar-refractivity contribution is 5.73. The van der Waals surface area contributed by atoms with Crippen LogP contribution in [0.3, 0.4) is 0 Å². The zero-order valence-corrected chi connectivity index (χ0v) is 16.7. The number of phenolic OH excluding ortho intramolecular Hbond substituents is 1. The second-order valence-corrected chi connectivity index (χ2v) is 8.34. The molecule has 3 aromatic rings. The topological polar surface area (TPSA) is 50.9 Å². The predicted octanol–water partition coefficient (Wildman–Crippen LogP) is 5.50. The Bertz CT molecular complexity index is 905. The van der Waals surface area contributed by atoms with E-state index in [1.54, 1.807) is 4.80 Å². The van der Waals surface area contributed by atoms with Crippen LogP contribution in [-0.4, -0.2) is 20.1 Å². The van der Waals surface area contributed by atoms with Crippen LogP contribution in [0.15, 0.2) is 36.4 Å². The average molecular weight is 351 g/mol. The van der Waals surface area contributed by atoms with E-state index < -0.39 is 0 Å². The van der Waals surface area contributed by atoms with Crippen LogP contribution in [0.4, 0.5) is 0 Å². The fraction of sp³-hybridized carbons (Fsp3) is 0.455. The molecular formula is C22H29N3O. The number of rotatable bonds is 5. The molecule has 0 atom stereocenters. The van der Waals surface area contributed by atoms with E-state index in [-0.39, 0.29) is 10.8 Å². The SMILES string of the molecule is CCC(C)(C)c1cc(C(C)(C)CC)c(-n2nc3ccccc3n2)cc1O. The Morgan fingerprint density at radius 1 is 0.846 bits per heavy atom. The van der Waals surface area contributed by atoms with Crippen molar-refractivity contribution in [3.05, 3.63) is 47.5 Å². The number of aromatic nitrogens is 3. The van der Waals surface area contributed by atoms with E-state index in [4.69, 9.17) is 0 Å². The lowest BCUT2D eigenvalue weighted by atomic mass is 9.75. The molecule has 0 fully saturated rings. The number of benzene rings is 2. The van der Waals surface area contributed by atoms with Gasteiger partial charge in [-0.1, -0.05) is 53.7 Å². The van der Waals surface area contributed by atoms with Crippen LogP contribution in [0, 0.1) is 0 Å². The van der Waals surface area contributed by atoms with Gasteiger partial charge in [0.05, 0.1) is 5.69 Å². The first-order valence-corrected chi connectivity index (χ1v) is 9.40. The van der Waals surface area contributed by atoms with E-state index in [0.717, 1.165) is 40.7 Å². The molecule has 0 saturated carbocycles. The molecule has 0 amide bonds.